The van der Waals surface area contributed by atoms with E-state index >= 15 is 0 Å². The highest BCUT2D eigenvalue weighted by Gasteiger charge is 2.15. The lowest BCUT2D eigenvalue weighted by Crippen LogP contribution is -2.23. The second-order valence-electron chi connectivity index (χ2n) is 2.53. The topological polar surface area (TPSA) is 66.8 Å². The van der Waals surface area contributed by atoms with Crippen LogP contribution in [0, 0.1) is 11.8 Å². The number of esters is 1. The van der Waals surface area contributed by atoms with Crippen LogP contribution in [0.15, 0.2) is 0 Å². The van der Waals surface area contributed by atoms with Gasteiger partial charge in [0.15, 0.2) is 6.10 Å². The molecule has 0 radical (unpaired) electrons. The van der Waals surface area contributed by atoms with Crippen molar-refractivity contribution in [1.29, 1.82) is 0 Å². The fourth-order valence-electron chi connectivity index (χ4n) is 0.808. The minimum atomic E-state index is -1.17. The summed E-state index contributed by atoms with van der Waals surface area (Å²) in [5.74, 6) is 4.35. The molecular formula is C9H14O4. The average Bonchev–Trinajstić information content (AvgIpc) is 2.13. The molecule has 2 atom stereocenters. The number of aliphatic hydroxyl groups excluding tert-OH is 2. The zero-order chi connectivity index (χ0) is 10.3. The van der Waals surface area contributed by atoms with Crippen LogP contribution in [-0.2, 0) is 9.53 Å². The first-order valence-corrected chi connectivity index (χ1v) is 3.98. The molecule has 0 aromatic heterocycles. The SMILES string of the molecule is CC#CC(O)CCC(O)C(=O)OC. The molecule has 0 saturated carbocycles. The third-order valence-electron chi connectivity index (χ3n) is 1.50. The highest BCUT2D eigenvalue weighted by Crippen LogP contribution is 2.02. The van der Waals surface area contributed by atoms with Gasteiger partial charge in [0.2, 0.25) is 0 Å². The largest absolute Gasteiger partial charge is 0.467 e. The Labute approximate surface area is 77.5 Å². The first kappa shape index (κ1) is 11.9. The Morgan fingerprint density at radius 2 is 2.08 bits per heavy atom. The lowest BCUT2D eigenvalue weighted by Gasteiger charge is -2.08. The molecule has 0 aliphatic heterocycles. The molecule has 13 heavy (non-hydrogen) atoms. The summed E-state index contributed by atoms with van der Waals surface area (Å²) in [6.45, 7) is 1.61. The number of carbonyl (C=O) groups excluding carboxylic acids is 1. The number of methoxy groups -OCH3 is 1. The van der Waals surface area contributed by atoms with Gasteiger partial charge in [-0.15, -0.1) is 5.92 Å². The van der Waals surface area contributed by atoms with E-state index in [1.165, 1.54) is 7.11 Å². The number of hydrogen-bond donors (Lipinski definition) is 2. The monoisotopic (exact) mass is 186 g/mol. The number of aliphatic hydroxyl groups is 2. The van der Waals surface area contributed by atoms with Crippen molar-refractivity contribution < 1.29 is 19.7 Å². The third kappa shape index (κ3) is 5.23. The van der Waals surface area contributed by atoms with Gasteiger partial charge in [0, 0.05) is 0 Å². The van der Waals surface area contributed by atoms with Gasteiger partial charge in [-0.3, -0.25) is 0 Å². The molecule has 0 aromatic rings. The molecule has 0 heterocycles. The van der Waals surface area contributed by atoms with Crippen molar-refractivity contribution in [3.8, 4) is 11.8 Å². The summed E-state index contributed by atoms with van der Waals surface area (Å²) in [5.41, 5.74) is 0. The third-order valence-corrected chi connectivity index (χ3v) is 1.50. The van der Waals surface area contributed by atoms with Crippen LogP contribution in [0.5, 0.6) is 0 Å². The van der Waals surface area contributed by atoms with Gasteiger partial charge in [-0.1, -0.05) is 5.92 Å². The van der Waals surface area contributed by atoms with Gasteiger partial charge in [-0.05, 0) is 19.8 Å². The molecule has 2 unspecified atom stereocenters. The molecule has 0 fully saturated rings. The van der Waals surface area contributed by atoms with Gasteiger partial charge in [-0.25, -0.2) is 4.79 Å². The van der Waals surface area contributed by atoms with Crippen LogP contribution in [0.2, 0.25) is 0 Å². The Bertz CT molecular complexity index is 213. The Hall–Kier alpha value is -1.05. The Morgan fingerprint density at radius 1 is 1.46 bits per heavy atom. The maximum Gasteiger partial charge on any atom is 0.334 e. The molecule has 0 aliphatic carbocycles. The summed E-state index contributed by atoms with van der Waals surface area (Å²) in [6, 6.07) is 0. The smallest absolute Gasteiger partial charge is 0.334 e. The van der Waals surface area contributed by atoms with Crippen LogP contribution >= 0.6 is 0 Å². The Balaban J connectivity index is 3.73. The van der Waals surface area contributed by atoms with Crippen molar-refractivity contribution in [2.45, 2.75) is 32.0 Å². The predicted molar refractivity (Wildman–Crippen MR) is 46.7 cm³/mol. The molecule has 2 N–H and O–H groups in total. The molecule has 0 rings (SSSR count). The molecule has 0 spiro atoms. The Kier molecular flexibility index (Phi) is 5.94. The zero-order valence-electron chi connectivity index (χ0n) is 7.78. The fraction of sp³-hybridized carbons (Fsp3) is 0.667. The molecular weight excluding hydrogens is 172 g/mol. The normalized spacial score (nSPS) is 13.8. The van der Waals surface area contributed by atoms with Crippen molar-refractivity contribution >= 4 is 5.97 Å². The van der Waals surface area contributed by atoms with Crippen molar-refractivity contribution in [3.05, 3.63) is 0 Å². The second-order valence-corrected chi connectivity index (χ2v) is 2.53. The van der Waals surface area contributed by atoms with E-state index in [9.17, 15) is 4.79 Å². The predicted octanol–water partition coefficient (Wildman–Crippen LogP) is -0.315. The average molecular weight is 186 g/mol. The summed E-state index contributed by atoms with van der Waals surface area (Å²) >= 11 is 0. The van der Waals surface area contributed by atoms with E-state index in [1.54, 1.807) is 6.92 Å². The van der Waals surface area contributed by atoms with Crippen molar-refractivity contribution in [1.82, 2.24) is 0 Å². The molecule has 0 aromatic carbocycles. The maximum atomic E-state index is 10.7. The summed E-state index contributed by atoms with van der Waals surface area (Å²) in [5, 5.41) is 18.2. The minimum absolute atomic E-state index is 0.155. The van der Waals surface area contributed by atoms with Gasteiger partial charge in [-0.2, -0.15) is 0 Å². The highest BCUT2D eigenvalue weighted by atomic mass is 16.5. The van der Waals surface area contributed by atoms with Gasteiger partial charge in [0.1, 0.15) is 6.10 Å². The molecule has 0 aliphatic rings. The maximum absolute atomic E-state index is 10.7. The highest BCUT2D eigenvalue weighted by molar-refractivity contribution is 5.74. The van der Waals surface area contributed by atoms with Crippen molar-refractivity contribution in [2.75, 3.05) is 7.11 Å². The molecule has 4 nitrogen and oxygen atoms in total. The second kappa shape index (κ2) is 6.46. The molecule has 4 heteroatoms. The quantitative estimate of drug-likeness (QED) is 0.466. The number of ether oxygens (including phenoxy) is 1. The first-order valence-electron chi connectivity index (χ1n) is 3.98. The van der Waals surface area contributed by atoms with Crippen LogP contribution in [0.4, 0.5) is 0 Å². The zero-order valence-corrected chi connectivity index (χ0v) is 7.78. The van der Waals surface area contributed by atoms with Gasteiger partial charge < -0.3 is 14.9 Å². The van der Waals surface area contributed by atoms with E-state index in [-0.39, 0.29) is 12.8 Å². The fourth-order valence-corrected chi connectivity index (χ4v) is 0.808. The summed E-state index contributed by atoms with van der Waals surface area (Å²) in [7, 11) is 1.20. The summed E-state index contributed by atoms with van der Waals surface area (Å²) < 4.78 is 4.30. The van der Waals surface area contributed by atoms with Gasteiger partial charge >= 0.3 is 5.97 Å². The van der Waals surface area contributed by atoms with Crippen molar-refractivity contribution in [3.63, 3.8) is 0 Å². The van der Waals surface area contributed by atoms with E-state index in [2.05, 4.69) is 16.6 Å². The number of carbonyl (C=O) groups is 1. The van der Waals surface area contributed by atoms with Gasteiger partial charge in [0.25, 0.3) is 0 Å². The molecule has 0 bridgehead atoms. The molecule has 0 saturated heterocycles. The van der Waals surface area contributed by atoms with Crippen LogP contribution < -0.4 is 0 Å². The molecule has 74 valence electrons. The van der Waals surface area contributed by atoms with Crippen LogP contribution in [0.3, 0.4) is 0 Å². The van der Waals surface area contributed by atoms with Crippen LogP contribution in [0.25, 0.3) is 0 Å². The van der Waals surface area contributed by atoms with E-state index in [0.29, 0.717) is 0 Å². The van der Waals surface area contributed by atoms with E-state index in [1.807, 2.05) is 0 Å². The first-order chi connectivity index (χ1) is 6.11. The van der Waals surface area contributed by atoms with E-state index in [0.717, 1.165) is 0 Å². The lowest BCUT2D eigenvalue weighted by molar-refractivity contribution is -0.150. The van der Waals surface area contributed by atoms with Crippen molar-refractivity contribution in [2.24, 2.45) is 0 Å². The number of rotatable bonds is 4. The minimum Gasteiger partial charge on any atom is -0.467 e. The Morgan fingerprint density at radius 3 is 2.54 bits per heavy atom. The lowest BCUT2D eigenvalue weighted by atomic mass is 10.1. The number of hydrogen-bond acceptors (Lipinski definition) is 4. The van der Waals surface area contributed by atoms with Crippen LogP contribution in [0.1, 0.15) is 19.8 Å². The molecule has 0 amide bonds. The summed E-state index contributed by atoms with van der Waals surface area (Å²) in [6.07, 6.45) is -1.54. The van der Waals surface area contributed by atoms with Crippen LogP contribution in [-0.4, -0.2) is 35.5 Å². The summed E-state index contributed by atoms with van der Waals surface area (Å²) in [4.78, 5) is 10.7. The van der Waals surface area contributed by atoms with Gasteiger partial charge in [0.05, 0.1) is 7.11 Å². The van der Waals surface area contributed by atoms with E-state index in [4.69, 9.17) is 10.2 Å². The standard InChI is InChI=1S/C9H14O4/c1-3-4-7(10)5-6-8(11)9(12)13-2/h7-8,10-11H,5-6H2,1-2H3. The van der Waals surface area contributed by atoms with E-state index < -0.39 is 18.2 Å².